The summed E-state index contributed by atoms with van der Waals surface area (Å²) in [7, 11) is 1.67. The van der Waals surface area contributed by atoms with Crippen LogP contribution >= 0.6 is 0 Å². The Morgan fingerprint density at radius 1 is 1.42 bits per heavy atom. The molecule has 104 valence electrons. The highest BCUT2D eigenvalue weighted by atomic mass is 16.5. The summed E-state index contributed by atoms with van der Waals surface area (Å²) >= 11 is 0. The van der Waals surface area contributed by atoms with E-state index >= 15 is 0 Å². The molecule has 1 aromatic carbocycles. The van der Waals surface area contributed by atoms with Gasteiger partial charge < -0.3 is 19.8 Å². The number of phenolic OH excluding ortho intramolecular Hbond substituents is 2. The van der Waals surface area contributed by atoms with E-state index in [1.54, 1.807) is 7.05 Å². The fraction of sp³-hybridized carbons (Fsp3) is 0.500. The second-order valence-corrected chi connectivity index (χ2v) is 4.94. The normalized spacial score (nSPS) is 19.1. The predicted octanol–water partition coefficient (Wildman–Crippen LogP) is 1.60. The third-order valence-electron chi connectivity index (χ3n) is 3.37. The van der Waals surface area contributed by atoms with Gasteiger partial charge in [0.15, 0.2) is 0 Å². The fourth-order valence-electron chi connectivity index (χ4n) is 2.36. The van der Waals surface area contributed by atoms with Crippen molar-refractivity contribution in [3.63, 3.8) is 0 Å². The topological polar surface area (TPSA) is 70.0 Å². The van der Waals surface area contributed by atoms with Gasteiger partial charge in [-0.15, -0.1) is 0 Å². The lowest BCUT2D eigenvalue weighted by molar-refractivity contribution is 0.0387. The average Bonchev–Trinajstić information content (AvgIpc) is 2.39. The zero-order chi connectivity index (χ0) is 13.8. The van der Waals surface area contributed by atoms with E-state index in [1.165, 1.54) is 23.1 Å². The second kappa shape index (κ2) is 5.93. The molecule has 5 nitrogen and oxygen atoms in total. The molecule has 1 aliphatic rings. The maximum atomic E-state index is 12.2. The Labute approximate surface area is 112 Å². The minimum atomic E-state index is -0.374. The average molecular weight is 265 g/mol. The summed E-state index contributed by atoms with van der Waals surface area (Å²) in [6.45, 7) is 2.01. The third-order valence-corrected chi connectivity index (χ3v) is 3.37. The number of amides is 1. The van der Waals surface area contributed by atoms with Crippen LogP contribution in [0.2, 0.25) is 0 Å². The van der Waals surface area contributed by atoms with Crippen molar-refractivity contribution in [1.82, 2.24) is 4.90 Å². The lowest BCUT2D eigenvalue weighted by atomic mass is 10.0. The molecule has 2 N–H and O–H groups in total. The van der Waals surface area contributed by atoms with Crippen LogP contribution in [0.5, 0.6) is 11.5 Å². The van der Waals surface area contributed by atoms with Crippen LogP contribution in [0.15, 0.2) is 18.2 Å². The summed E-state index contributed by atoms with van der Waals surface area (Å²) in [6.07, 6.45) is 2.04. The van der Waals surface area contributed by atoms with Gasteiger partial charge in [-0.1, -0.05) is 6.07 Å². The molecule has 1 saturated heterocycles. The van der Waals surface area contributed by atoms with E-state index in [0.29, 0.717) is 19.1 Å². The van der Waals surface area contributed by atoms with Crippen LogP contribution in [0, 0.1) is 5.92 Å². The number of phenols is 2. The maximum absolute atomic E-state index is 12.2. The van der Waals surface area contributed by atoms with Gasteiger partial charge in [0.25, 0.3) is 5.91 Å². The van der Waals surface area contributed by atoms with E-state index in [2.05, 4.69) is 0 Å². The predicted molar refractivity (Wildman–Crippen MR) is 70.3 cm³/mol. The van der Waals surface area contributed by atoms with Gasteiger partial charge in [0.1, 0.15) is 17.1 Å². The van der Waals surface area contributed by atoms with Gasteiger partial charge in [-0.3, -0.25) is 4.79 Å². The molecule has 1 unspecified atom stereocenters. The number of hydrogen-bond acceptors (Lipinski definition) is 4. The summed E-state index contributed by atoms with van der Waals surface area (Å²) in [6, 6.07) is 4.28. The van der Waals surface area contributed by atoms with E-state index in [4.69, 9.17) is 4.74 Å². The Balaban J connectivity index is 2.06. The lowest BCUT2D eigenvalue weighted by Gasteiger charge is -2.27. The smallest absolute Gasteiger partial charge is 0.261 e. The van der Waals surface area contributed by atoms with E-state index in [1.807, 2.05) is 0 Å². The first-order valence-electron chi connectivity index (χ1n) is 6.43. The van der Waals surface area contributed by atoms with Crippen molar-refractivity contribution in [3.05, 3.63) is 23.8 Å². The standard InChI is InChI=1S/C14H19NO4/c1-15(8-10-4-3-7-19-9-10)14(18)13-11(16)5-2-6-12(13)17/h2,5-6,10,16-17H,3-4,7-9H2,1H3. The van der Waals surface area contributed by atoms with Crippen molar-refractivity contribution in [2.45, 2.75) is 12.8 Å². The monoisotopic (exact) mass is 265 g/mol. The highest BCUT2D eigenvalue weighted by molar-refractivity contribution is 5.99. The van der Waals surface area contributed by atoms with Gasteiger partial charge in [0.2, 0.25) is 0 Å². The largest absolute Gasteiger partial charge is 0.507 e. The van der Waals surface area contributed by atoms with Crippen LogP contribution in [-0.4, -0.2) is 47.8 Å². The van der Waals surface area contributed by atoms with E-state index in [-0.39, 0.29) is 23.0 Å². The Morgan fingerprint density at radius 3 is 2.68 bits per heavy atom. The maximum Gasteiger partial charge on any atom is 0.261 e. The molecule has 1 amide bonds. The number of hydrogen-bond donors (Lipinski definition) is 2. The molecule has 0 aromatic heterocycles. The molecule has 0 saturated carbocycles. The first-order valence-corrected chi connectivity index (χ1v) is 6.43. The van der Waals surface area contributed by atoms with Gasteiger partial charge in [-0.2, -0.15) is 0 Å². The minimum Gasteiger partial charge on any atom is -0.507 e. The van der Waals surface area contributed by atoms with Crippen LogP contribution in [0.1, 0.15) is 23.2 Å². The summed E-state index contributed by atoms with van der Waals surface area (Å²) in [5.74, 6) is -0.453. The number of benzene rings is 1. The minimum absolute atomic E-state index is 0.0401. The fourth-order valence-corrected chi connectivity index (χ4v) is 2.36. The summed E-state index contributed by atoms with van der Waals surface area (Å²) in [5, 5.41) is 19.4. The van der Waals surface area contributed by atoms with Crippen molar-refractivity contribution in [2.75, 3.05) is 26.8 Å². The van der Waals surface area contributed by atoms with E-state index in [0.717, 1.165) is 19.4 Å². The van der Waals surface area contributed by atoms with E-state index in [9.17, 15) is 15.0 Å². The Morgan fingerprint density at radius 2 is 2.11 bits per heavy atom. The third kappa shape index (κ3) is 3.17. The number of ether oxygens (including phenoxy) is 1. The molecule has 0 bridgehead atoms. The number of rotatable bonds is 3. The highest BCUT2D eigenvalue weighted by Crippen LogP contribution is 2.27. The molecule has 1 atom stereocenters. The lowest BCUT2D eigenvalue weighted by Crippen LogP contribution is -2.35. The van der Waals surface area contributed by atoms with Gasteiger partial charge in [-0.05, 0) is 30.9 Å². The van der Waals surface area contributed by atoms with Crippen molar-refractivity contribution < 1.29 is 19.7 Å². The Bertz CT molecular complexity index is 435. The molecular formula is C14H19NO4. The van der Waals surface area contributed by atoms with Crippen molar-refractivity contribution in [1.29, 1.82) is 0 Å². The van der Waals surface area contributed by atoms with Crippen molar-refractivity contribution in [3.8, 4) is 11.5 Å². The van der Waals surface area contributed by atoms with Crippen LogP contribution in [0.4, 0.5) is 0 Å². The first kappa shape index (κ1) is 13.7. The van der Waals surface area contributed by atoms with Crippen molar-refractivity contribution in [2.24, 2.45) is 5.92 Å². The molecule has 1 heterocycles. The molecule has 1 aliphatic heterocycles. The zero-order valence-corrected chi connectivity index (χ0v) is 11.0. The van der Waals surface area contributed by atoms with Gasteiger partial charge in [-0.25, -0.2) is 0 Å². The molecule has 5 heteroatoms. The molecule has 19 heavy (non-hydrogen) atoms. The molecule has 0 spiro atoms. The number of nitrogens with zero attached hydrogens (tertiary/aromatic N) is 1. The SMILES string of the molecule is CN(CC1CCCOC1)C(=O)c1c(O)cccc1O. The van der Waals surface area contributed by atoms with Crippen molar-refractivity contribution >= 4 is 5.91 Å². The Hall–Kier alpha value is -1.75. The zero-order valence-electron chi connectivity index (χ0n) is 11.0. The van der Waals surface area contributed by atoms with Gasteiger partial charge in [0.05, 0.1) is 6.61 Å². The quantitative estimate of drug-likeness (QED) is 0.871. The molecular weight excluding hydrogens is 246 g/mol. The van der Waals surface area contributed by atoms with Crippen LogP contribution in [-0.2, 0) is 4.74 Å². The number of aromatic hydroxyl groups is 2. The van der Waals surface area contributed by atoms with Crippen LogP contribution in [0.25, 0.3) is 0 Å². The van der Waals surface area contributed by atoms with Gasteiger partial charge >= 0.3 is 0 Å². The van der Waals surface area contributed by atoms with Crippen LogP contribution < -0.4 is 0 Å². The molecule has 2 rings (SSSR count). The van der Waals surface area contributed by atoms with Crippen LogP contribution in [0.3, 0.4) is 0 Å². The molecule has 1 fully saturated rings. The Kier molecular flexibility index (Phi) is 4.27. The second-order valence-electron chi connectivity index (χ2n) is 4.94. The number of carbonyl (C=O) groups excluding carboxylic acids is 1. The molecule has 0 radical (unpaired) electrons. The first-order chi connectivity index (χ1) is 9.09. The number of carbonyl (C=O) groups is 1. The molecule has 0 aliphatic carbocycles. The summed E-state index contributed by atoms with van der Waals surface area (Å²) in [4.78, 5) is 13.7. The molecule has 1 aromatic rings. The summed E-state index contributed by atoms with van der Waals surface area (Å²) < 4.78 is 5.38. The summed E-state index contributed by atoms with van der Waals surface area (Å²) in [5.41, 5.74) is -0.0401. The highest BCUT2D eigenvalue weighted by Gasteiger charge is 2.23. The van der Waals surface area contributed by atoms with E-state index < -0.39 is 0 Å². The van der Waals surface area contributed by atoms with Gasteiger partial charge in [0, 0.05) is 20.2 Å².